The first-order chi connectivity index (χ1) is 16.7. The van der Waals surface area contributed by atoms with Crippen LogP contribution in [-0.4, -0.2) is 36.4 Å². The van der Waals surface area contributed by atoms with Crippen molar-refractivity contribution in [3.8, 4) is 22.6 Å². The number of nitrogens with one attached hydrogen (secondary N) is 2. The summed E-state index contributed by atoms with van der Waals surface area (Å²) in [7, 11) is 1.92. The standard InChI is InChI=1S/C27H32N6O2/c1-16-14-22(32-33(16)5)24-30-23-20(12-13-28-25(23)31-24)18-10-11-19-17(15-18)8-6-7-9-21(19)29-26(34)35-27(2,3)4/h10-15,21H,6-9H2,1-5H3,(H,29,34)(H,28,30,31). The van der Waals surface area contributed by atoms with Crippen LogP contribution in [0.5, 0.6) is 0 Å². The number of carbonyl (C=O) groups excluding carboxylic acids is 1. The summed E-state index contributed by atoms with van der Waals surface area (Å²) in [5, 5.41) is 7.64. The van der Waals surface area contributed by atoms with E-state index in [4.69, 9.17) is 9.72 Å². The number of ether oxygens (including phenoxy) is 1. The summed E-state index contributed by atoms with van der Waals surface area (Å²) in [5.41, 5.74) is 7.46. The van der Waals surface area contributed by atoms with Gasteiger partial charge in [0.1, 0.15) is 11.3 Å². The lowest BCUT2D eigenvalue weighted by atomic mass is 9.94. The number of rotatable bonds is 3. The predicted octanol–water partition coefficient (Wildman–Crippen LogP) is 5.63. The maximum atomic E-state index is 12.5. The molecule has 3 aromatic heterocycles. The molecule has 0 bridgehead atoms. The second kappa shape index (κ2) is 8.83. The minimum absolute atomic E-state index is 0.0555. The largest absolute Gasteiger partial charge is 0.444 e. The molecule has 0 saturated heterocycles. The molecule has 2 N–H and O–H groups in total. The molecule has 1 aromatic carbocycles. The van der Waals surface area contributed by atoms with Crippen LogP contribution in [0.4, 0.5) is 4.79 Å². The molecule has 0 fully saturated rings. The topological polar surface area (TPSA) is 97.7 Å². The van der Waals surface area contributed by atoms with Crippen molar-refractivity contribution in [3.05, 3.63) is 53.3 Å². The SMILES string of the molecule is Cc1cc(-c2nc3nccc(-c4ccc5c(c4)CCCCC5NC(=O)OC(C)(C)C)c3[nH]2)nn1C. The van der Waals surface area contributed by atoms with E-state index in [9.17, 15) is 4.79 Å². The first kappa shape index (κ1) is 23.1. The Balaban J connectivity index is 1.49. The third-order valence-electron chi connectivity index (χ3n) is 6.46. The number of hydrogen-bond donors (Lipinski definition) is 2. The first-order valence-corrected chi connectivity index (χ1v) is 12.2. The third-order valence-corrected chi connectivity index (χ3v) is 6.46. The number of benzene rings is 1. The number of carbonyl (C=O) groups is 1. The maximum absolute atomic E-state index is 12.5. The van der Waals surface area contributed by atoms with Crippen LogP contribution in [0.25, 0.3) is 33.8 Å². The van der Waals surface area contributed by atoms with Crippen molar-refractivity contribution < 1.29 is 9.53 Å². The molecular formula is C27H32N6O2. The van der Waals surface area contributed by atoms with E-state index in [0.29, 0.717) is 11.5 Å². The number of aromatic nitrogens is 5. The molecular weight excluding hydrogens is 440 g/mol. The Hall–Kier alpha value is -3.68. The average molecular weight is 473 g/mol. The molecule has 0 spiro atoms. The summed E-state index contributed by atoms with van der Waals surface area (Å²) in [5.74, 6) is 0.708. The van der Waals surface area contributed by atoms with Crippen molar-refractivity contribution in [3.63, 3.8) is 0 Å². The highest BCUT2D eigenvalue weighted by molar-refractivity contribution is 5.91. The van der Waals surface area contributed by atoms with E-state index in [2.05, 4.69) is 38.6 Å². The van der Waals surface area contributed by atoms with Gasteiger partial charge in [-0.1, -0.05) is 24.6 Å². The Morgan fingerprint density at radius 2 is 2.03 bits per heavy atom. The van der Waals surface area contributed by atoms with Gasteiger partial charge in [-0.3, -0.25) is 4.68 Å². The number of nitrogens with zero attached hydrogens (tertiary/aromatic N) is 4. The van der Waals surface area contributed by atoms with Crippen molar-refractivity contribution in [2.75, 3.05) is 0 Å². The average Bonchev–Trinajstić information content (AvgIpc) is 3.31. The van der Waals surface area contributed by atoms with Crippen molar-refractivity contribution in [1.29, 1.82) is 0 Å². The number of alkyl carbamates (subject to hydrolysis) is 1. The maximum Gasteiger partial charge on any atom is 0.408 e. The molecule has 1 amide bonds. The lowest BCUT2D eigenvalue weighted by Crippen LogP contribution is -2.35. The van der Waals surface area contributed by atoms with Gasteiger partial charge in [0.25, 0.3) is 0 Å². The molecule has 1 aliphatic rings. The summed E-state index contributed by atoms with van der Waals surface area (Å²) >= 11 is 0. The van der Waals surface area contributed by atoms with Gasteiger partial charge in [-0.05, 0) is 75.8 Å². The molecule has 35 heavy (non-hydrogen) atoms. The normalized spacial score (nSPS) is 16.1. The van der Waals surface area contributed by atoms with Crippen LogP contribution in [0.15, 0.2) is 36.5 Å². The van der Waals surface area contributed by atoms with Crippen molar-refractivity contribution in [2.45, 2.75) is 65.0 Å². The van der Waals surface area contributed by atoms with Crippen LogP contribution in [-0.2, 0) is 18.2 Å². The molecule has 1 aliphatic carbocycles. The number of pyridine rings is 1. The summed E-state index contributed by atoms with van der Waals surface area (Å²) in [6, 6.07) is 10.5. The molecule has 0 radical (unpaired) electrons. The zero-order chi connectivity index (χ0) is 24.7. The Bertz CT molecular complexity index is 1380. The fourth-order valence-corrected chi connectivity index (χ4v) is 4.70. The predicted molar refractivity (Wildman–Crippen MR) is 136 cm³/mol. The van der Waals surface area contributed by atoms with E-state index in [0.717, 1.165) is 59.3 Å². The molecule has 1 unspecified atom stereocenters. The highest BCUT2D eigenvalue weighted by Gasteiger charge is 2.24. The second-order valence-corrected chi connectivity index (χ2v) is 10.3. The molecule has 5 rings (SSSR count). The van der Waals surface area contributed by atoms with E-state index >= 15 is 0 Å². The van der Waals surface area contributed by atoms with Crippen LogP contribution in [0, 0.1) is 6.92 Å². The number of H-pyrrole nitrogens is 1. The first-order valence-electron chi connectivity index (χ1n) is 12.2. The smallest absolute Gasteiger partial charge is 0.408 e. The van der Waals surface area contributed by atoms with E-state index in [1.54, 1.807) is 6.20 Å². The van der Waals surface area contributed by atoms with Crippen molar-refractivity contribution in [1.82, 2.24) is 30.0 Å². The Labute approximate surface area is 205 Å². The number of aromatic amines is 1. The Kier molecular flexibility index (Phi) is 5.83. The number of aryl methyl sites for hydroxylation is 3. The molecule has 1 atom stereocenters. The van der Waals surface area contributed by atoms with Gasteiger partial charge in [0, 0.05) is 24.5 Å². The zero-order valence-electron chi connectivity index (χ0n) is 21.0. The second-order valence-electron chi connectivity index (χ2n) is 10.3. The Morgan fingerprint density at radius 3 is 2.77 bits per heavy atom. The minimum Gasteiger partial charge on any atom is -0.444 e. The van der Waals surface area contributed by atoms with Gasteiger partial charge in [-0.25, -0.2) is 14.8 Å². The van der Waals surface area contributed by atoms with Crippen LogP contribution < -0.4 is 5.32 Å². The summed E-state index contributed by atoms with van der Waals surface area (Å²) < 4.78 is 7.35. The number of amides is 1. The van der Waals surface area contributed by atoms with Crippen molar-refractivity contribution in [2.24, 2.45) is 7.05 Å². The van der Waals surface area contributed by atoms with Gasteiger partial charge < -0.3 is 15.0 Å². The molecule has 0 saturated carbocycles. The van der Waals surface area contributed by atoms with Crippen LogP contribution >= 0.6 is 0 Å². The monoisotopic (exact) mass is 472 g/mol. The molecule has 4 aromatic rings. The molecule has 8 nitrogen and oxygen atoms in total. The quantitative estimate of drug-likeness (QED) is 0.377. The van der Waals surface area contributed by atoms with Gasteiger partial charge in [-0.2, -0.15) is 5.10 Å². The van der Waals surface area contributed by atoms with Crippen LogP contribution in [0.3, 0.4) is 0 Å². The van der Waals surface area contributed by atoms with Crippen LogP contribution in [0.2, 0.25) is 0 Å². The van der Waals surface area contributed by atoms with Gasteiger partial charge in [-0.15, -0.1) is 0 Å². The molecule has 3 heterocycles. The Morgan fingerprint density at radius 1 is 1.20 bits per heavy atom. The van der Waals surface area contributed by atoms with E-state index in [1.165, 1.54) is 5.56 Å². The van der Waals surface area contributed by atoms with Gasteiger partial charge in [0.2, 0.25) is 0 Å². The van der Waals surface area contributed by atoms with Crippen molar-refractivity contribution >= 4 is 17.3 Å². The molecule has 8 heteroatoms. The summed E-state index contributed by atoms with van der Waals surface area (Å²) in [4.78, 5) is 25.1. The number of fused-ring (bicyclic) bond motifs is 2. The summed E-state index contributed by atoms with van der Waals surface area (Å²) in [6.45, 7) is 7.66. The lowest BCUT2D eigenvalue weighted by molar-refractivity contribution is 0.0501. The van der Waals surface area contributed by atoms with Gasteiger partial charge >= 0.3 is 6.09 Å². The fourth-order valence-electron chi connectivity index (χ4n) is 4.70. The minimum atomic E-state index is -0.523. The zero-order valence-corrected chi connectivity index (χ0v) is 21.0. The van der Waals surface area contributed by atoms with E-state index < -0.39 is 5.60 Å². The highest BCUT2D eigenvalue weighted by Crippen LogP contribution is 2.34. The third kappa shape index (κ3) is 4.78. The van der Waals surface area contributed by atoms with E-state index in [1.807, 2.05) is 51.6 Å². The lowest BCUT2D eigenvalue weighted by Gasteiger charge is -2.24. The fraction of sp³-hybridized carbons (Fsp3) is 0.407. The van der Waals surface area contributed by atoms with Gasteiger partial charge in [0.15, 0.2) is 11.5 Å². The van der Waals surface area contributed by atoms with E-state index in [-0.39, 0.29) is 12.1 Å². The van der Waals surface area contributed by atoms with Crippen LogP contribution in [0.1, 0.15) is 62.9 Å². The number of hydrogen-bond acceptors (Lipinski definition) is 5. The van der Waals surface area contributed by atoms with Gasteiger partial charge in [0.05, 0.1) is 11.6 Å². The summed E-state index contributed by atoms with van der Waals surface area (Å²) in [6.07, 6.45) is 5.44. The highest BCUT2D eigenvalue weighted by atomic mass is 16.6. The molecule has 182 valence electrons. The molecule has 0 aliphatic heterocycles. The number of imidazole rings is 1.